The standard InChI is InChI=1S/C15H17N5O3/c21-13(8-11-14(22)19-15(23)18-11)16-6-3-7-20-12-5-2-1-4-10(12)9-17-20/h1-2,4-5,9,11H,3,6-8H2,(H,16,21)(H2,18,19,22,23)/t11-/m0/s1. The van der Waals surface area contributed by atoms with Crippen LogP contribution in [0.2, 0.25) is 0 Å². The highest BCUT2D eigenvalue weighted by Crippen LogP contribution is 2.12. The Labute approximate surface area is 132 Å². The number of para-hydroxylation sites is 1. The van der Waals surface area contributed by atoms with Gasteiger partial charge in [0.05, 0.1) is 18.1 Å². The fourth-order valence-corrected chi connectivity index (χ4v) is 2.52. The second-order valence-electron chi connectivity index (χ2n) is 5.35. The van der Waals surface area contributed by atoms with Crippen molar-refractivity contribution >= 4 is 28.7 Å². The van der Waals surface area contributed by atoms with Gasteiger partial charge in [-0.05, 0) is 12.5 Å². The lowest BCUT2D eigenvalue weighted by molar-refractivity contribution is -0.126. The summed E-state index contributed by atoms with van der Waals surface area (Å²) in [5.41, 5.74) is 1.06. The molecule has 0 spiro atoms. The van der Waals surface area contributed by atoms with Gasteiger partial charge in [0.25, 0.3) is 5.91 Å². The molecule has 1 aliphatic heterocycles. The molecule has 23 heavy (non-hydrogen) atoms. The third kappa shape index (κ3) is 3.47. The Balaban J connectivity index is 1.42. The van der Waals surface area contributed by atoms with E-state index in [1.165, 1.54) is 0 Å². The van der Waals surface area contributed by atoms with Crippen LogP contribution < -0.4 is 16.0 Å². The molecule has 8 nitrogen and oxygen atoms in total. The molecule has 0 radical (unpaired) electrons. The van der Waals surface area contributed by atoms with Crippen molar-refractivity contribution < 1.29 is 14.4 Å². The summed E-state index contributed by atoms with van der Waals surface area (Å²) in [6, 6.07) is 6.59. The predicted molar refractivity (Wildman–Crippen MR) is 82.4 cm³/mol. The van der Waals surface area contributed by atoms with Gasteiger partial charge in [0.2, 0.25) is 5.91 Å². The van der Waals surface area contributed by atoms with Crippen molar-refractivity contribution in [1.29, 1.82) is 0 Å². The van der Waals surface area contributed by atoms with Crippen molar-refractivity contribution in [3.63, 3.8) is 0 Å². The van der Waals surface area contributed by atoms with Crippen molar-refractivity contribution in [2.45, 2.75) is 25.4 Å². The lowest BCUT2D eigenvalue weighted by Crippen LogP contribution is -2.36. The molecule has 1 atom stereocenters. The van der Waals surface area contributed by atoms with Crippen LogP contribution in [0, 0.1) is 0 Å². The molecule has 1 aromatic heterocycles. The normalized spacial score (nSPS) is 17.1. The molecule has 120 valence electrons. The van der Waals surface area contributed by atoms with E-state index in [1.807, 2.05) is 35.1 Å². The van der Waals surface area contributed by atoms with Crippen LogP contribution in [-0.4, -0.2) is 40.2 Å². The molecule has 3 N–H and O–H groups in total. The van der Waals surface area contributed by atoms with Crippen LogP contribution in [0.5, 0.6) is 0 Å². The van der Waals surface area contributed by atoms with Crippen molar-refractivity contribution in [2.24, 2.45) is 0 Å². The van der Waals surface area contributed by atoms with E-state index in [9.17, 15) is 14.4 Å². The zero-order valence-corrected chi connectivity index (χ0v) is 12.4. The lowest BCUT2D eigenvalue weighted by atomic mass is 10.2. The number of rotatable bonds is 6. The highest BCUT2D eigenvalue weighted by molar-refractivity contribution is 6.05. The number of amides is 4. The van der Waals surface area contributed by atoms with Crippen LogP contribution >= 0.6 is 0 Å². The summed E-state index contributed by atoms with van der Waals surface area (Å²) in [7, 11) is 0. The van der Waals surface area contributed by atoms with Crippen LogP contribution in [0.25, 0.3) is 10.9 Å². The average Bonchev–Trinajstić information content (AvgIpc) is 3.07. The van der Waals surface area contributed by atoms with Gasteiger partial charge in [0.15, 0.2) is 0 Å². The van der Waals surface area contributed by atoms with Gasteiger partial charge in [-0.2, -0.15) is 5.10 Å². The van der Waals surface area contributed by atoms with Crippen LogP contribution in [0.1, 0.15) is 12.8 Å². The van der Waals surface area contributed by atoms with E-state index >= 15 is 0 Å². The molecule has 1 saturated heterocycles. The summed E-state index contributed by atoms with van der Waals surface area (Å²) in [5, 5.41) is 12.6. The number of imide groups is 1. The van der Waals surface area contributed by atoms with Gasteiger partial charge in [-0.1, -0.05) is 18.2 Å². The van der Waals surface area contributed by atoms with Crippen molar-refractivity contribution in [3.8, 4) is 0 Å². The maximum Gasteiger partial charge on any atom is 0.322 e. The lowest BCUT2D eigenvalue weighted by Gasteiger charge is -2.08. The molecule has 2 aromatic rings. The van der Waals surface area contributed by atoms with Crippen LogP contribution in [-0.2, 0) is 16.1 Å². The molecule has 0 aliphatic carbocycles. The van der Waals surface area contributed by atoms with Gasteiger partial charge in [-0.25, -0.2) is 4.79 Å². The zero-order valence-electron chi connectivity index (χ0n) is 12.4. The first-order valence-corrected chi connectivity index (χ1v) is 7.42. The van der Waals surface area contributed by atoms with Gasteiger partial charge in [-0.15, -0.1) is 0 Å². The average molecular weight is 315 g/mol. The molecule has 1 aromatic carbocycles. The number of benzene rings is 1. The maximum absolute atomic E-state index is 11.8. The van der Waals surface area contributed by atoms with E-state index in [4.69, 9.17) is 0 Å². The summed E-state index contributed by atoms with van der Waals surface area (Å²) >= 11 is 0. The number of aryl methyl sites for hydroxylation is 1. The molecule has 4 amide bonds. The van der Waals surface area contributed by atoms with Crippen LogP contribution in [0.3, 0.4) is 0 Å². The van der Waals surface area contributed by atoms with E-state index < -0.39 is 18.0 Å². The SMILES string of the molecule is O=C(C[C@@H]1NC(=O)NC1=O)NCCCn1ncc2ccccc21. The molecule has 0 saturated carbocycles. The summed E-state index contributed by atoms with van der Waals surface area (Å²) in [6.07, 6.45) is 2.48. The number of nitrogens with zero attached hydrogens (tertiary/aromatic N) is 2. The Kier molecular flexibility index (Phi) is 4.22. The van der Waals surface area contributed by atoms with E-state index in [2.05, 4.69) is 21.0 Å². The largest absolute Gasteiger partial charge is 0.356 e. The van der Waals surface area contributed by atoms with Crippen molar-refractivity contribution in [1.82, 2.24) is 25.7 Å². The minimum absolute atomic E-state index is 0.0533. The smallest absolute Gasteiger partial charge is 0.322 e. The third-order valence-corrected chi connectivity index (χ3v) is 3.67. The van der Waals surface area contributed by atoms with E-state index in [0.29, 0.717) is 13.1 Å². The van der Waals surface area contributed by atoms with Gasteiger partial charge >= 0.3 is 6.03 Å². The summed E-state index contributed by atoms with van der Waals surface area (Å²) in [4.78, 5) is 34.1. The number of hydrogen-bond acceptors (Lipinski definition) is 4. The number of carbonyl (C=O) groups excluding carboxylic acids is 3. The number of hydrogen-bond donors (Lipinski definition) is 3. The Hall–Kier alpha value is -2.90. The van der Waals surface area contributed by atoms with E-state index in [-0.39, 0.29) is 12.3 Å². The highest BCUT2D eigenvalue weighted by Gasteiger charge is 2.30. The summed E-state index contributed by atoms with van der Waals surface area (Å²) < 4.78 is 1.89. The third-order valence-electron chi connectivity index (χ3n) is 3.67. The highest BCUT2D eigenvalue weighted by atomic mass is 16.2. The molecular formula is C15H17N5O3. The van der Waals surface area contributed by atoms with E-state index in [1.54, 1.807) is 0 Å². The van der Waals surface area contributed by atoms with Gasteiger partial charge in [0, 0.05) is 18.5 Å². The minimum Gasteiger partial charge on any atom is -0.356 e. The minimum atomic E-state index is -0.780. The summed E-state index contributed by atoms with van der Waals surface area (Å²) in [5.74, 6) is -0.731. The second-order valence-corrected chi connectivity index (χ2v) is 5.35. The van der Waals surface area contributed by atoms with Gasteiger partial charge in [0.1, 0.15) is 6.04 Å². The Morgan fingerprint density at radius 3 is 2.91 bits per heavy atom. The predicted octanol–water partition coefficient (Wildman–Crippen LogP) is 0.141. The Morgan fingerprint density at radius 2 is 2.13 bits per heavy atom. The molecule has 8 heteroatoms. The Bertz CT molecular complexity index is 754. The van der Waals surface area contributed by atoms with Gasteiger partial charge < -0.3 is 10.6 Å². The monoisotopic (exact) mass is 315 g/mol. The van der Waals surface area contributed by atoms with Crippen molar-refractivity contribution in [3.05, 3.63) is 30.5 Å². The maximum atomic E-state index is 11.8. The number of urea groups is 1. The zero-order chi connectivity index (χ0) is 16.2. The quantitative estimate of drug-likeness (QED) is 0.521. The molecule has 3 rings (SSSR count). The van der Waals surface area contributed by atoms with Gasteiger partial charge in [-0.3, -0.25) is 19.6 Å². The van der Waals surface area contributed by atoms with Crippen molar-refractivity contribution in [2.75, 3.05) is 6.54 Å². The first-order chi connectivity index (χ1) is 11.1. The number of aromatic nitrogens is 2. The first-order valence-electron chi connectivity index (χ1n) is 7.42. The molecule has 1 aliphatic rings. The van der Waals surface area contributed by atoms with Crippen LogP contribution in [0.4, 0.5) is 4.79 Å². The molecule has 0 bridgehead atoms. The fourth-order valence-electron chi connectivity index (χ4n) is 2.52. The van der Waals surface area contributed by atoms with E-state index in [0.717, 1.165) is 17.3 Å². The number of fused-ring (bicyclic) bond motifs is 1. The molecular weight excluding hydrogens is 298 g/mol. The van der Waals surface area contributed by atoms with Crippen LogP contribution in [0.15, 0.2) is 30.5 Å². The molecule has 1 fully saturated rings. The summed E-state index contributed by atoms with van der Waals surface area (Å²) in [6.45, 7) is 1.17. The topological polar surface area (TPSA) is 105 Å². The second kappa shape index (κ2) is 6.47. The molecule has 2 heterocycles. The fraction of sp³-hybridized carbons (Fsp3) is 0.333. The Morgan fingerprint density at radius 1 is 1.30 bits per heavy atom. The number of nitrogens with one attached hydrogen (secondary N) is 3. The molecule has 0 unspecified atom stereocenters. The first kappa shape index (κ1) is 15.0. The number of carbonyl (C=O) groups is 3.